The summed E-state index contributed by atoms with van der Waals surface area (Å²) >= 11 is 1.55. The topological polar surface area (TPSA) is 65.5 Å². The number of nitrogens with zero attached hydrogens (tertiary/aromatic N) is 4. The molecular formula is C27H33FN4O3S. The summed E-state index contributed by atoms with van der Waals surface area (Å²) in [6, 6.07) is 9.94. The molecule has 192 valence electrons. The van der Waals surface area contributed by atoms with E-state index in [9.17, 15) is 14.0 Å². The van der Waals surface area contributed by atoms with E-state index in [1.54, 1.807) is 34.4 Å². The van der Waals surface area contributed by atoms with Gasteiger partial charge in [-0.05, 0) is 30.4 Å². The maximum atomic E-state index is 14.8. The predicted molar refractivity (Wildman–Crippen MR) is 137 cm³/mol. The largest absolute Gasteiger partial charge is 0.379 e. The molecule has 0 N–H and O–H groups in total. The Kier molecular flexibility index (Phi) is 8.09. The van der Waals surface area contributed by atoms with E-state index in [1.165, 1.54) is 11.1 Å². The highest BCUT2D eigenvalue weighted by Gasteiger charge is 2.37. The quantitative estimate of drug-likeness (QED) is 0.538. The van der Waals surface area contributed by atoms with Crippen molar-refractivity contribution >= 4 is 28.9 Å². The Labute approximate surface area is 215 Å². The number of hydrogen-bond donors (Lipinski definition) is 0. The molecule has 2 aromatic rings. The van der Waals surface area contributed by atoms with Crippen LogP contribution in [-0.2, 0) is 14.3 Å². The van der Waals surface area contributed by atoms with E-state index in [1.807, 2.05) is 17.5 Å². The molecule has 0 bridgehead atoms. The Bertz CT molecular complexity index is 1080. The summed E-state index contributed by atoms with van der Waals surface area (Å²) in [7, 11) is 0. The van der Waals surface area contributed by atoms with Crippen LogP contribution in [0.25, 0.3) is 0 Å². The Hall–Kier alpha value is -2.62. The first kappa shape index (κ1) is 25.0. The van der Waals surface area contributed by atoms with E-state index in [0.29, 0.717) is 38.3 Å². The predicted octanol–water partition coefficient (Wildman–Crippen LogP) is 3.92. The van der Waals surface area contributed by atoms with Gasteiger partial charge in [-0.3, -0.25) is 14.5 Å². The lowest BCUT2D eigenvalue weighted by atomic mass is 10.0. The normalized spacial score (nSPS) is 21.1. The van der Waals surface area contributed by atoms with Gasteiger partial charge in [0.15, 0.2) is 0 Å². The molecule has 3 heterocycles. The molecule has 1 unspecified atom stereocenters. The summed E-state index contributed by atoms with van der Waals surface area (Å²) in [5.74, 6) is -0.593. The molecule has 3 aliphatic rings. The highest BCUT2D eigenvalue weighted by atomic mass is 32.1. The molecular weight excluding hydrogens is 479 g/mol. The summed E-state index contributed by atoms with van der Waals surface area (Å²) in [6.07, 6.45) is 4.30. The average Bonchev–Trinajstić information content (AvgIpc) is 3.68. The van der Waals surface area contributed by atoms with Crippen molar-refractivity contribution in [3.05, 3.63) is 58.0 Å². The molecule has 1 atom stereocenters. The van der Waals surface area contributed by atoms with Crippen LogP contribution in [0.4, 0.5) is 4.39 Å². The Morgan fingerprint density at radius 1 is 1.11 bits per heavy atom. The number of carbonyl (C=O) groups excluding carboxylic acids is 2. The number of morpholine rings is 1. The molecule has 5 rings (SSSR count). The van der Waals surface area contributed by atoms with E-state index in [-0.39, 0.29) is 30.1 Å². The zero-order valence-corrected chi connectivity index (χ0v) is 21.3. The number of thiophene rings is 1. The number of hydrazone groups is 1. The van der Waals surface area contributed by atoms with Gasteiger partial charge >= 0.3 is 0 Å². The Morgan fingerprint density at radius 3 is 2.61 bits per heavy atom. The van der Waals surface area contributed by atoms with Gasteiger partial charge in [0.25, 0.3) is 5.91 Å². The number of benzene rings is 1. The van der Waals surface area contributed by atoms with Gasteiger partial charge in [0.2, 0.25) is 5.91 Å². The molecule has 0 radical (unpaired) electrons. The van der Waals surface area contributed by atoms with Crippen LogP contribution in [0.5, 0.6) is 0 Å². The number of ether oxygens (including phenoxy) is 1. The Balaban J connectivity index is 1.36. The van der Waals surface area contributed by atoms with Crippen LogP contribution in [-0.4, -0.2) is 78.3 Å². The molecule has 9 heteroatoms. The van der Waals surface area contributed by atoms with Crippen molar-refractivity contribution < 1.29 is 18.7 Å². The van der Waals surface area contributed by atoms with Crippen LogP contribution in [0, 0.1) is 11.7 Å². The number of hydrogen-bond acceptors (Lipinski definition) is 6. The van der Waals surface area contributed by atoms with Gasteiger partial charge in [-0.2, -0.15) is 5.10 Å². The van der Waals surface area contributed by atoms with Crippen molar-refractivity contribution in [3.8, 4) is 0 Å². The molecule has 2 fully saturated rings. The standard InChI is InChI=1S/C27H33FN4O3S/c28-22-9-4-3-8-21(22)24-18-23(25-10-5-17-36-25)29-32(24)26(33)19-31(27(34)20-6-1-2-7-20)12-11-30-13-15-35-16-14-30/h3-5,8-10,17,20,24H,1-2,6-7,11-16,18-19H2. The maximum Gasteiger partial charge on any atom is 0.262 e. The van der Waals surface area contributed by atoms with Crippen molar-refractivity contribution in [2.45, 2.75) is 38.1 Å². The van der Waals surface area contributed by atoms with Crippen LogP contribution in [0.15, 0.2) is 46.9 Å². The second-order valence-corrected chi connectivity index (χ2v) is 10.6. The SMILES string of the molecule is O=C(C1CCCC1)N(CCN1CCOCC1)CC(=O)N1N=C(c2cccs2)CC1c1ccccc1F. The van der Waals surface area contributed by atoms with E-state index in [4.69, 9.17) is 4.74 Å². The Morgan fingerprint density at radius 2 is 1.89 bits per heavy atom. The fourth-order valence-corrected chi connectivity index (χ4v) is 6.06. The zero-order valence-electron chi connectivity index (χ0n) is 20.5. The summed E-state index contributed by atoms with van der Waals surface area (Å²) in [4.78, 5) is 32.1. The van der Waals surface area contributed by atoms with E-state index in [0.717, 1.165) is 49.4 Å². The fraction of sp³-hybridized carbons (Fsp3) is 0.519. The zero-order chi connectivity index (χ0) is 24.9. The van der Waals surface area contributed by atoms with Crippen LogP contribution in [0.3, 0.4) is 0 Å². The summed E-state index contributed by atoms with van der Waals surface area (Å²) in [5.41, 5.74) is 1.22. The van der Waals surface area contributed by atoms with Gasteiger partial charge in [0.05, 0.1) is 29.8 Å². The third-order valence-electron chi connectivity index (χ3n) is 7.37. The number of halogens is 1. The van der Waals surface area contributed by atoms with Crippen molar-refractivity contribution in [2.24, 2.45) is 11.0 Å². The highest BCUT2D eigenvalue weighted by molar-refractivity contribution is 7.12. The van der Waals surface area contributed by atoms with Crippen LogP contribution in [0.1, 0.15) is 48.6 Å². The average molecular weight is 513 g/mol. The molecule has 1 aromatic heterocycles. The smallest absolute Gasteiger partial charge is 0.262 e. The van der Waals surface area contributed by atoms with Crippen LogP contribution < -0.4 is 0 Å². The lowest BCUT2D eigenvalue weighted by Gasteiger charge is -2.32. The van der Waals surface area contributed by atoms with Gasteiger partial charge < -0.3 is 9.64 Å². The molecule has 1 saturated carbocycles. The van der Waals surface area contributed by atoms with Crippen molar-refractivity contribution in [2.75, 3.05) is 45.9 Å². The third kappa shape index (κ3) is 5.68. The molecule has 7 nitrogen and oxygen atoms in total. The van der Waals surface area contributed by atoms with Gasteiger partial charge in [-0.15, -0.1) is 11.3 Å². The van der Waals surface area contributed by atoms with E-state index >= 15 is 0 Å². The first-order chi connectivity index (χ1) is 17.6. The number of rotatable bonds is 8. The first-order valence-corrected chi connectivity index (χ1v) is 13.7. The van der Waals surface area contributed by atoms with Crippen molar-refractivity contribution in [1.82, 2.24) is 14.8 Å². The van der Waals surface area contributed by atoms with Crippen LogP contribution >= 0.6 is 11.3 Å². The second-order valence-electron chi connectivity index (χ2n) is 9.70. The third-order valence-corrected chi connectivity index (χ3v) is 8.29. The molecule has 2 amide bonds. The minimum atomic E-state index is -0.529. The number of carbonyl (C=O) groups is 2. The molecule has 2 aliphatic heterocycles. The van der Waals surface area contributed by atoms with Crippen LogP contribution in [0.2, 0.25) is 0 Å². The molecule has 1 aromatic carbocycles. The maximum absolute atomic E-state index is 14.8. The second kappa shape index (κ2) is 11.6. The molecule has 36 heavy (non-hydrogen) atoms. The first-order valence-electron chi connectivity index (χ1n) is 12.9. The van der Waals surface area contributed by atoms with Gasteiger partial charge in [-0.25, -0.2) is 9.40 Å². The van der Waals surface area contributed by atoms with Gasteiger partial charge in [0.1, 0.15) is 12.4 Å². The minimum absolute atomic E-state index is 0.0198. The molecule has 1 aliphatic carbocycles. The fourth-order valence-electron chi connectivity index (χ4n) is 5.34. The van der Waals surface area contributed by atoms with E-state index < -0.39 is 6.04 Å². The lowest BCUT2D eigenvalue weighted by molar-refractivity contribution is -0.144. The monoisotopic (exact) mass is 512 g/mol. The van der Waals surface area contributed by atoms with Gasteiger partial charge in [-0.1, -0.05) is 37.1 Å². The summed E-state index contributed by atoms with van der Waals surface area (Å²) in [6.45, 7) is 4.18. The van der Waals surface area contributed by atoms with Gasteiger partial charge in [0, 0.05) is 44.1 Å². The number of amides is 2. The van der Waals surface area contributed by atoms with Crippen molar-refractivity contribution in [1.29, 1.82) is 0 Å². The van der Waals surface area contributed by atoms with Crippen molar-refractivity contribution in [3.63, 3.8) is 0 Å². The van der Waals surface area contributed by atoms with E-state index in [2.05, 4.69) is 10.0 Å². The molecule has 1 saturated heterocycles. The summed E-state index contributed by atoms with van der Waals surface area (Å²) in [5, 5.41) is 8.05. The summed E-state index contributed by atoms with van der Waals surface area (Å²) < 4.78 is 20.2. The highest BCUT2D eigenvalue weighted by Crippen LogP contribution is 2.35. The minimum Gasteiger partial charge on any atom is -0.379 e. The molecule has 0 spiro atoms. The lowest BCUT2D eigenvalue weighted by Crippen LogP contribution is -2.48.